The summed E-state index contributed by atoms with van der Waals surface area (Å²) in [6, 6.07) is 9.32. The Balaban J connectivity index is 2.28. The Bertz CT molecular complexity index is 447. The van der Waals surface area contributed by atoms with Gasteiger partial charge in [0.2, 0.25) is 0 Å². The summed E-state index contributed by atoms with van der Waals surface area (Å²) in [6.45, 7) is 1.90. The van der Waals surface area contributed by atoms with E-state index in [-0.39, 0.29) is 6.04 Å². The second-order valence-corrected chi connectivity index (χ2v) is 3.96. The van der Waals surface area contributed by atoms with Gasteiger partial charge in [-0.05, 0) is 30.7 Å². The van der Waals surface area contributed by atoms with Crippen LogP contribution in [0.2, 0.25) is 5.02 Å². The van der Waals surface area contributed by atoms with Gasteiger partial charge in [0.15, 0.2) is 0 Å². The zero-order chi connectivity index (χ0) is 10.8. The van der Waals surface area contributed by atoms with Crippen molar-refractivity contribution in [1.29, 1.82) is 0 Å². The molecule has 2 nitrogen and oxygen atoms in total. The zero-order valence-electron chi connectivity index (χ0n) is 8.41. The van der Waals surface area contributed by atoms with Gasteiger partial charge >= 0.3 is 0 Å². The Hall–Kier alpha value is -1.25. The normalized spacial score (nSPS) is 12.7. The Morgan fingerprint density at radius 3 is 2.40 bits per heavy atom. The first-order valence-corrected chi connectivity index (χ1v) is 5.10. The van der Waals surface area contributed by atoms with E-state index < -0.39 is 0 Å². The van der Waals surface area contributed by atoms with Crippen molar-refractivity contribution in [3.05, 3.63) is 58.5 Å². The Morgan fingerprint density at radius 1 is 1.20 bits per heavy atom. The molecule has 1 aromatic heterocycles. The van der Waals surface area contributed by atoms with Crippen LogP contribution in [0.15, 0.2) is 41.0 Å². The fraction of sp³-hybridized carbons (Fsp3) is 0.167. The number of hydrogen-bond acceptors (Lipinski definition) is 2. The highest BCUT2D eigenvalue weighted by Crippen LogP contribution is 2.22. The number of halogens is 1. The highest BCUT2D eigenvalue weighted by atomic mass is 35.5. The van der Waals surface area contributed by atoms with E-state index in [1.54, 1.807) is 6.26 Å². The molecule has 0 fully saturated rings. The van der Waals surface area contributed by atoms with Crippen molar-refractivity contribution in [3.8, 4) is 0 Å². The van der Waals surface area contributed by atoms with E-state index in [4.69, 9.17) is 21.8 Å². The molecule has 1 heterocycles. The number of benzene rings is 1. The van der Waals surface area contributed by atoms with E-state index in [9.17, 15) is 0 Å². The fourth-order valence-corrected chi connectivity index (χ4v) is 1.62. The van der Waals surface area contributed by atoms with Crippen LogP contribution in [0.4, 0.5) is 0 Å². The van der Waals surface area contributed by atoms with Crippen LogP contribution in [0, 0.1) is 6.92 Å². The Labute approximate surface area is 93.7 Å². The van der Waals surface area contributed by atoms with E-state index in [1.165, 1.54) is 0 Å². The monoisotopic (exact) mass is 221 g/mol. The third-order valence-corrected chi connectivity index (χ3v) is 2.59. The van der Waals surface area contributed by atoms with Crippen LogP contribution in [-0.2, 0) is 0 Å². The SMILES string of the molecule is Cc1cc(C(N)c2ccc(Cl)cc2)co1. The molecule has 0 aliphatic heterocycles. The van der Waals surface area contributed by atoms with Gasteiger partial charge in [-0.15, -0.1) is 0 Å². The summed E-state index contributed by atoms with van der Waals surface area (Å²) in [5, 5.41) is 0.717. The Morgan fingerprint density at radius 2 is 1.87 bits per heavy atom. The second kappa shape index (κ2) is 4.09. The van der Waals surface area contributed by atoms with Crippen LogP contribution < -0.4 is 5.73 Å². The van der Waals surface area contributed by atoms with Crippen LogP contribution in [0.25, 0.3) is 0 Å². The lowest BCUT2D eigenvalue weighted by atomic mass is 10.0. The molecule has 15 heavy (non-hydrogen) atoms. The number of furan rings is 1. The van der Waals surface area contributed by atoms with E-state index in [0.29, 0.717) is 5.02 Å². The predicted octanol–water partition coefficient (Wildman–Crippen LogP) is 3.29. The van der Waals surface area contributed by atoms with E-state index in [1.807, 2.05) is 37.3 Å². The van der Waals surface area contributed by atoms with Gasteiger partial charge in [0, 0.05) is 10.6 Å². The van der Waals surface area contributed by atoms with Crippen molar-refractivity contribution in [1.82, 2.24) is 0 Å². The lowest BCUT2D eigenvalue weighted by Crippen LogP contribution is -2.10. The van der Waals surface area contributed by atoms with Gasteiger partial charge in [0.05, 0.1) is 12.3 Å². The Kier molecular flexibility index (Phi) is 2.80. The molecular weight excluding hydrogens is 210 g/mol. The van der Waals surface area contributed by atoms with Crippen LogP contribution in [0.5, 0.6) is 0 Å². The molecule has 2 N–H and O–H groups in total. The summed E-state index contributed by atoms with van der Waals surface area (Å²) < 4.78 is 5.22. The molecule has 2 rings (SSSR count). The van der Waals surface area contributed by atoms with Crippen molar-refractivity contribution in [2.45, 2.75) is 13.0 Å². The van der Waals surface area contributed by atoms with Gasteiger partial charge in [-0.2, -0.15) is 0 Å². The summed E-state index contributed by atoms with van der Waals surface area (Å²) in [6.07, 6.45) is 1.69. The van der Waals surface area contributed by atoms with E-state index in [2.05, 4.69) is 0 Å². The fourth-order valence-electron chi connectivity index (χ4n) is 1.49. The summed E-state index contributed by atoms with van der Waals surface area (Å²) in [5.41, 5.74) is 8.09. The van der Waals surface area contributed by atoms with Crippen molar-refractivity contribution in [3.63, 3.8) is 0 Å². The third-order valence-electron chi connectivity index (χ3n) is 2.34. The standard InChI is InChI=1S/C12H12ClNO/c1-8-6-10(7-15-8)12(14)9-2-4-11(13)5-3-9/h2-7,12H,14H2,1H3. The predicted molar refractivity (Wildman–Crippen MR) is 60.9 cm³/mol. The topological polar surface area (TPSA) is 39.2 Å². The van der Waals surface area contributed by atoms with Gasteiger partial charge in [0.25, 0.3) is 0 Å². The molecule has 0 amide bonds. The molecule has 0 aliphatic carbocycles. The van der Waals surface area contributed by atoms with E-state index >= 15 is 0 Å². The van der Waals surface area contributed by atoms with Gasteiger partial charge in [-0.1, -0.05) is 23.7 Å². The molecule has 0 spiro atoms. The first kappa shape index (κ1) is 10.3. The summed E-state index contributed by atoms with van der Waals surface area (Å²) >= 11 is 5.81. The maximum Gasteiger partial charge on any atom is 0.101 e. The summed E-state index contributed by atoms with van der Waals surface area (Å²) in [4.78, 5) is 0. The molecular formula is C12H12ClNO. The van der Waals surface area contributed by atoms with Crippen LogP contribution in [-0.4, -0.2) is 0 Å². The van der Waals surface area contributed by atoms with E-state index in [0.717, 1.165) is 16.9 Å². The molecule has 0 radical (unpaired) electrons. The highest BCUT2D eigenvalue weighted by Gasteiger charge is 2.10. The van der Waals surface area contributed by atoms with Crippen LogP contribution >= 0.6 is 11.6 Å². The minimum Gasteiger partial charge on any atom is -0.469 e. The van der Waals surface area contributed by atoms with Crippen LogP contribution in [0.1, 0.15) is 22.9 Å². The second-order valence-electron chi connectivity index (χ2n) is 3.52. The summed E-state index contributed by atoms with van der Waals surface area (Å²) in [7, 11) is 0. The van der Waals surface area contributed by atoms with Crippen molar-refractivity contribution >= 4 is 11.6 Å². The number of aryl methyl sites for hydroxylation is 1. The quantitative estimate of drug-likeness (QED) is 0.845. The minimum absolute atomic E-state index is 0.153. The first-order valence-electron chi connectivity index (χ1n) is 4.73. The van der Waals surface area contributed by atoms with Gasteiger partial charge in [0.1, 0.15) is 5.76 Å². The molecule has 0 saturated carbocycles. The largest absolute Gasteiger partial charge is 0.469 e. The average molecular weight is 222 g/mol. The van der Waals surface area contributed by atoms with Crippen molar-refractivity contribution in [2.75, 3.05) is 0 Å². The highest BCUT2D eigenvalue weighted by molar-refractivity contribution is 6.30. The molecule has 3 heteroatoms. The van der Waals surface area contributed by atoms with Crippen molar-refractivity contribution in [2.24, 2.45) is 5.73 Å². The van der Waals surface area contributed by atoms with Gasteiger partial charge in [-0.3, -0.25) is 0 Å². The number of hydrogen-bond donors (Lipinski definition) is 1. The zero-order valence-corrected chi connectivity index (χ0v) is 9.16. The minimum atomic E-state index is -0.153. The van der Waals surface area contributed by atoms with Crippen LogP contribution in [0.3, 0.4) is 0 Å². The molecule has 1 aromatic carbocycles. The number of rotatable bonds is 2. The molecule has 78 valence electrons. The van der Waals surface area contributed by atoms with Gasteiger partial charge < -0.3 is 10.2 Å². The molecule has 1 unspecified atom stereocenters. The lowest BCUT2D eigenvalue weighted by molar-refractivity contribution is 0.530. The third kappa shape index (κ3) is 2.22. The molecule has 1 atom stereocenters. The number of nitrogens with two attached hydrogens (primary N) is 1. The maximum absolute atomic E-state index is 6.08. The summed E-state index contributed by atoms with van der Waals surface area (Å²) in [5.74, 6) is 0.870. The molecule has 2 aromatic rings. The smallest absolute Gasteiger partial charge is 0.101 e. The maximum atomic E-state index is 6.08. The molecule has 0 bridgehead atoms. The van der Waals surface area contributed by atoms with Gasteiger partial charge in [-0.25, -0.2) is 0 Å². The molecule has 0 saturated heterocycles. The first-order chi connectivity index (χ1) is 7.16. The lowest BCUT2D eigenvalue weighted by Gasteiger charge is -2.09. The average Bonchev–Trinajstić information content (AvgIpc) is 2.65. The molecule has 0 aliphatic rings. The van der Waals surface area contributed by atoms with Crippen molar-refractivity contribution < 1.29 is 4.42 Å².